The van der Waals surface area contributed by atoms with E-state index < -0.39 is 23.5 Å². The molecule has 0 spiro atoms. The Balaban J connectivity index is 0.000000194. The number of hydrogen-bond acceptors (Lipinski definition) is 18. The number of carbonyl (C=O) groups excluding carboxylic acids is 2. The van der Waals surface area contributed by atoms with Crippen molar-refractivity contribution in [3.63, 3.8) is 0 Å². The minimum Gasteiger partial charge on any atom is -0.379 e. The monoisotopic (exact) mass is 1310 g/mol. The van der Waals surface area contributed by atoms with Crippen LogP contribution in [0.1, 0.15) is 91.9 Å². The molecular weight excluding hydrogens is 1230 g/mol. The topological polar surface area (TPSA) is 195 Å². The predicted molar refractivity (Wildman–Crippen MR) is 353 cm³/mol. The van der Waals surface area contributed by atoms with E-state index in [2.05, 4.69) is 89.5 Å². The fraction of sp³-hybridized carbons (Fsp3) is 0.420. The maximum absolute atomic E-state index is 14.2. The van der Waals surface area contributed by atoms with E-state index in [9.17, 15) is 35.9 Å². The van der Waals surface area contributed by atoms with E-state index in [0.29, 0.717) is 69.0 Å². The highest BCUT2D eigenvalue weighted by Gasteiger charge is 2.36. The van der Waals surface area contributed by atoms with Crippen LogP contribution in [0.15, 0.2) is 122 Å². The number of aromatic nitrogens is 8. The average Bonchev–Trinajstić information content (AvgIpc) is 1.75. The van der Waals surface area contributed by atoms with Crippen LogP contribution in [0.4, 0.5) is 61.2 Å². The van der Waals surface area contributed by atoms with Crippen LogP contribution in [0.2, 0.25) is 0 Å². The maximum atomic E-state index is 14.2. The normalized spacial score (nSPS) is 16.3. The summed E-state index contributed by atoms with van der Waals surface area (Å²) >= 11 is 0. The van der Waals surface area contributed by atoms with E-state index in [1.54, 1.807) is 70.3 Å². The van der Waals surface area contributed by atoms with Crippen LogP contribution < -0.4 is 21.3 Å². The Labute approximate surface area is 549 Å². The first-order valence-electron chi connectivity index (χ1n) is 32.4. The summed E-state index contributed by atoms with van der Waals surface area (Å²) in [5, 5.41) is 13.3. The Morgan fingerprint density at radius 1 is 0.526 bits per heavy atom. The van der Waals surface area contributed by atoms with Crippen molar-refractivity contribution in [2.75, 3.05) is 126 Å². The average molecular weight is 1310 g/mol. The molecule has 3 aliphatic heterocycles. The number of imidazole rings is 2. The molecule has 502 valence electrons. The smallest absolute Gasteiger partial charge is 0.379 e. The molecule has 0 amide bonds. The largest absolute Gasteiger partial charge is 0.416 e. The second-order valence-electron chi connectivity index (χ2n) is 24.5. The number of likely N-dealkylation sites (N-methyl/N-ethyl adjacent to an activating group) is 2. The van der Waals surface area contributed by atoms with Gasteiger partial charge in [-0.25, -0.2) is 29.9 Å². The molecule has 4 aromatic carbocycles. The molecule has 4 fully saturated rings. The van der Waals surface area contributed by atoms with Crippen LogP contribution in [0, 0.1) is 13.8 Å². The van der Waals surface area contributed by atoms with Crippen LogP contribution in [0.25, 0.3) is 11.6 Å². The number of benzene rings is 4. The highest BCUT2D eigenvalue weighted by atomic mass is 19.4. The first-order chi connectivity index (χ1) is 45.8. The van der Waals surface area contributed by atoms with E-state index in [4.69, 9.17) is 4.74 Å². The number of halogens is 6. The molecule has 4 aromatic heterocycles. The van der Waals surface area contributed by atoms with Crippen LogP contribution in [0.5, 0.6) is 0 Å². The van der Waals surface area contributed by atoms with Crippen molar-refractivity contribution in [2.24, 2.45) is 0 Å². The van der Waals surface area contributed by atoms with Crippen LogP contribution >= 0.6 is 0 Å². The first-order valence-corrected chi connectivity index (χ1v) is 32.4. The second-order valence-corrected chi connectivity index (χ2v) is 24.5. The second kappa shape index (κ2) is 30.8. The number of hydrogen-bond donors (Lipinski definition) is 4. The summed E-state index contributed by atoms with van der Waals surface area (Å²) in [4.78, 5) is 64.2. The Kier molecular flexibility index (Phi) is 22.0. The molecule has 12 rings (SSSR count). The molecule has 0 radical (unpaired) electrons. The number of alkyl halides is 6. The van der Waals surface area contributed by atoms with Gasteiger partial charge in [-0.1, -0.05) is 62.4 Å². The zero-order valence-corrected chi connectivity index (χ0v) is 54.0. The Morgan fingerprint density at radius 2 is 0.979 bits per heavy atom. The van der Waals surface area contributed by atoms with Gasteiger partial charge in [-0.05, 0) is 97.4 Å². The van der Waals surface area contributed by atoms with Crippen molar-refractivity contribution >= 4 is 46.5 Å². The number of morpholine rings is 1. The van der Waals surface area contributed by atoms with Crippen molar-refractivity contribution in [2.45, 2.75) is 84.9 Å². The molecule has 95 heavy (non-hydrogen) atoms. The number of piperazine rings is 2. The molecule has 3 saturated heterocycles. The SMILES string of the molecule is CCN1CCN(Cc2ccc(CC(=O)c3ccc(C)c(Nc4nccn4-c4cc(NC5CC5)ncn4)c3)cc2C(F)(F)F)CC1.CCN1CCN(Cc2ccc(CC(=O)c3ccc(C)c(Nc4nccn4-c4cc(NCCN5CCOCC5)ncn4)c3)cc2C(F)(F)F)CC1. The predicted octanol–water partition coefficient (Wildman–Crippen LogP) is 10.9. The van der Waals surface area contributed by atoms with Crippen LogP contribution in [0.3, 0.4) is 0 Å². The number of Topliss-reactive ketones (excluding diaryl/α,β-unsaturated/α-hetero) is 2. The fourth-order valence-corrected chi connectivity index (χ4v) is 11.9. The van der Waals surface area contributed by atoms with Gasteiger partial charge >= 0.3 is 12.4 Å². The number of nitrogens with zero attached hydrogens (tertiary/aromatic N) is 13. The van der Waals surface area contributed by atoms with Gasteiger partial charge in [0, 0.05) is 170 Å². The first kappa shape index (κ1) is 67.7. The lowest BCUT2D eigenvalue weighted by Crippen LogP contribution is -2.45. The van der Waals surface area contributed by atoms with Crippen molar-refractivity contribution in [1.82, 2.24) is 63.5 Å². The van der Waals surface area contributed by atoms with Gasteiger partial charge in [-0.3, -0.25) is 33.4 Å². The Hall–Kier alpha value is -8.66. The Morgan fingerprint density at radius 3 is 1.43 bits per heavy atom. The molecule has 4 N–H and O–H groups in total. The molecule has 4 aliphatic rings. The lowest BCUT2D eigenvalue weighted by molar-refractivity contribution is -0.139. The van der Waals surface area contributed by atoms with Crippen molar-refractivity contribution in [1.29, 1.82) is 0 Å². The van der Waals surface area contributed by atoms with E-state index in [1.165, 1.54) is 24.8 Å². The molecule has 0 unspecified atom stereocenters. The number of ether oxygens (including phenoxy) is 1. The molecule has 0 bridgehead atoms. The number of carbonyl (C=O) groups is 2. The van der Waals surface area contributed by atoms with Gasteiger partial charge in [0.15, 0.2) is 11.6 Å². The summed E-state index contributed by atoms with van der Waals surface area (Å²) in [6, 6.07) is 23.2. The van der Waals surface area contributed by atoms with Crippen LogP contribution in [-0.2, 0) is 43.0 Å². The van der Waals surface area contributed by atoms with Gasteiger partial charge in [0.1, 0.15) is 35.9 Å². The van der Waals surface area contributed by atoms with Gasteiger partial charge in [0.05, 0.1) is 24.3 Å². The zero-order chi connectivity index (χ0) is 66.6. The molecule has 1 saturated carbocycles. The summed E-state index contributed by atoms with van der Waals surface area (Å²) < 4.78 is 94.0. The van der Waals surface area contributed by atoms with E-state index >= 15 is 0 Å². The van der Waals surface area contributed by atoms with Crippen LogP contribution in [-0.4, -0.2) is 186 Å². The van der Waals surface area contributed by atoms with Crippen molar-refractivity contribution in [3.8, 4) is 11.6 Å². The van der Waals surface area contributed by atoms with Crippen molar-refractivity contribution in [3.05, 3.63) is 178 Å². The molecule has 1 aliphatic carbocycles. The molecule has 8 aromatic rings. The number of ketones is 2. The number of anilines is 6. The lowest BCUT2D eigenvalue weighted by Gasteiger charge is -2.34. The highest BCUT2D eigenvalue weighted by Crippen LogP contribution is 2.36. The van der Waals surface area contributed by atoms with Gasteiger partial charge in [0.2, 0.25) is 11.9 Å². The van der Waals surface area contributed by atoms with Crippen molar-refractivity contribution < 1.29 is 40.7 Å². The summed E-state index contributed by atoms with van der Waals surface area (Å²) in [7, 11) is 0. The quantitative estimate of drug-likeness (QED) is 0.0329. The number of aryl methyl sites for hydroxylation is 2. The molecule has 26 heteroatoms. The van der Waals surface area contributed by atoms with E-state index in [0.717, 1.165) is 147 Å². The standard InChI is InChI=1S/C36H44F3N9O2.C33H37F3N8O/c1-3-45-12-14-47(15-13-45)24-29-7-5-27(20-30(29)36(37,38)39)21-32(49)28-6-4-26(2)31(22-28)44-35-41-9-11-48(35)34-23-33(42-25-43-34)40-8-10-46-16-18-50-19-17-46;1-3-42-12-14-43(15-13-42)20-25-7-5-23(16-27(25)33(34,35)36)17-29(45)24-6-4-22(2)28(18-24)41-32-37-10-11-44(32)31-19-30(38-21-39-31)40-26-8-9-26/h4-7,9,11,20,22-23,25H,3,8,10,12-19,21,24H2,1-2H3,(H,41,44)(H,40,42,43);4-7,10-11,16,18-19,21,26H,3,8-9,12-15,17,20H2,1-2H3,(H,37,41)(H,38,39,40). The summed E-state index contributed by atoms with van der Waals surface area (Å²) in [5.74, 6) is 3.08. The minimum absolute atomic E-state index is 0.145. The molecular formula is C69H81F6N17O3. The maximum Gasteiger partial charge on any atom is 0.416 e. The number of nitrogens with one attached hydrogen (secondary N) is 4. The highest BCUT2D eigenvalue weighted by molar-refractivity contribution is 5.99. The van der Waals surface area contributed by atoms with Gasteiger partial charge in [-0.2, -0.15) is 26.3 Å². The Bertz CT molecular complexity index is 3910. The van der Waals surface area contributed by atoms with E-state index in [1.807, 2.05) is 38.1 Å². The van der Waals surface area contributed by atoms with E-state index in [-0.39, 0.29) is 48.6 Å². The lowest BCUT2D eigenvalue weighted by atomic mass is 9.97. The fourth-order valence-electron chi connectivity index (χ4n) is 11.9. The minimum atomic E-state index is -4.52. The summed E-state index contributed by atoms with van der Waals surface area (Å²) in [6.07, 6.45) is 2.75. The van der Waals surface area contributed by atoms with Gasteiger partial charge < -0.3 is 35.8 Å². The molecule has 20 nitrogen and oxygen atoms in total. The molecule has 0 atom stereocenters. The van der Waals surface area contributed by atoms with Gasteiger partial charge in [-0.15, -0.1) is 0 Å². The zero-order valence-electron chi connectivity index (χ0n) is 54.0. The number of rotatable bonds is 24. The van der Waals surface area contributed by atoms with Gasteiger partial charge in [0.25, 0.3) is 0 Å². The third-order valence-corrected chi connectivity index (χ3v) is 17.8. The molecule has 7 heterocycles. The third-order valence-electron chi connectivity index (χ3n) is 17.8. The summed E-state index contributed by atoms with van der Waals surface area (Å²) in [5.41, 5.74) is 3.60. The third kappa shape index (κ3) is 18.2. The summed E-state index contributed by atoms with van der Waals surface area (Å²) in [6.45, 7) is 21.5.